The van der Waals surface area contributed by atoms with Crippen molar-refractivity contribution >= 4 is 33.4 Å². The standard InChI is InChI=1S/C26H21F6N3O6S/c27-25(28,29)16-6-4-15(5-7-16)13-33-23(36)12-19-14-35(21-11-18(34-24(37)38)8-9-22(21)41-19)42(39,40)20-3-1-2-17(10-20)26(30,31)32/h1-11,19,34H,12-14H2,(H,33,36)(H,37,38). The van der Waals surface area contributed by atoms with Crippen LogP contribution in [0.5, 0.6) is 5.75 Å². The minimum absolute atomic E-state index is 0.0539. The van der Waals surface area contributed by atoms with E-state index in [1.165, 1.54) is 24.3 Å². The first-order chi connectivity index (χ1) is 19.5. The first-order valence-corrected chi connectivity index (χ1v) is 13.4. The van der Waals surface area contributed by atoms with Gasteiger partial charge >= 0.3 is 18.4 Å². The summed E-state index contributed by atoms with van der Waals surface area (Å²) in [6, 6.07) is 10.7. The van der Waals surface area contributed by atoms with Gasteiger partial charge in [0, 0.05) is 12.2 Å². The van der Waals surface area contributed by atoms with Gasteiger partial charge in [-0.1, -0.05) is 18.2 Å². The maximum absolute atomic E-state index is 13.6. The maximum atomic E-state index is 13.6. The van der Waals surface area contributed by atoms with Crippen molar-refractivity contribution in [2.45, 2.75) is 36.3 Å². The third-order valence-corrected chi connectivity index (χ3v) is 7.85. The molecule has 1 aliphatic rings. The van der Waals surface area contributed by atoms with E-state index in [0.717, 1.165) is 34.6 Å². The number of anilines is 2. The van der Waals surface area contributed by atoms with Gasteiger partial charge in [0.15, 0.2) is 0 Å². The van der Waals surface area contributed by atoms with E-state index in [4.69, 9.17) is 9.84 Å². The van der Waals surface area contributed by atoms with Crippen molar-refractivity contribution in [2.24, 2.45) is 0 Å². The summed E-state index contributed by atoms with van der Waals surface area (Å²) in [7, 11) is -4.69. The van der Waals surface area contributed by atoms with Crippen molar-refractivity contribution in [2.75, 3.05) is 16.2 Å². The van der Waals surface area contributed by atoms with Gasteiger partial charge in [0.05, 0.1) is 34.7 Å². The lowest BCUT2D eigenvalue weighted by Crippen LogP contribution is -2.45. The molecule has 3 aromatic carbocycles. The van der Waals surface area contributed by atoms with Crippen molar-refractivity contribution in [1.29, 1.82) is 0 Å². The monoisotopic (exact) mass is 617 g/mol. The van der Waals surface area contributed by atoms with E-state index in [1.54, 1.807) is 0 Å². The highest BCUT2D eigenvalue weighted by Gasteiger charge is 2.38. The molecule has 1 heterocycles. The molecule has 3 aromatic rings. The van der Waals surface area contributed by atoms with E-state index in [2.05, 4.69) is 5.32 Å². The average Bonchev–Trinajstić information content (AvgIpc) is 2.90. The van der Waals surface area contributed by atoms with Gasteiger partial charge in [0.25, 0.3) is 10.0 Å². The molecule has 0 fully saturated rings. The van der Waals surface area contributed by atoms with Gasteiger partial charge < -0.3 is 15.2 Å². The number of rotatable bonds is 7. The SMILES string of the molecule is O=C(O)Nc1ccc2c(c1)N(S(=O)(=O)c1cccc(C(F)(F)F)c1)CC(CC(=O)NCc1ccc(C(F)(F)F)cc1)O2. The molecule has 3 N–H and O–H groups in total. The molecule has 2 amide bonds. The minimum Gasteiger partial charge on any atom is -0.486 e. The maximum Gasteiger partial charge on any atom is 0.416 e. The summed E-state index contributed by atoms with van der Waals surface area (Å²) >= 11 is 0. The summed E-state index contributed by atoms with van der Waals surface area (Å²) < 4.78 is 112. The van der Waals surface area contributed by atoms with Crippen molar-refractivity contribution < 1.29 is 54.2 Å². The van der Waals surface area contributed by atoms with Crippen LogP contribution in [0.15, 0.2) is 71.6 Å². The molecule has 1 aliphatic heterocycles. The third-order valence-electron chi connectivity index (χ3n) is 6.08. The number of hydrogen-bond acceptors (Lipinski definition) is 5. The molecule has 1 atom stereocenters. The molecule has 0 aliphatic carbocycles. The second kappa shape index (κ2) is 11.4. The van der Waals surface area contributed by atoms with E-state index in [0.29, 0.717) is 17.7 Å². The molecule has 16 heteroatoms. The summed E-state index contributed by atoms with van der Waals surface area (Å²) in [5.74, 6) is -0.739. The molecule has 9 nitrogen and oxygen atoms in total. The fraction of sp³-hybridized carbons (Fsp3) is 0.231. The van der Waals surface area contributed by atoms with Crippen LogP contribution in [0.25, 0.3) is 0 Å². The Morgan fingerprint density at radius 1 is 0.929 bits per heavy atom. The summed E-state index contributed by atoms with van der Waals surface area (Å²) in [5, 5.41) is 13.6. The van der Waals surface area contributed by atoms with E-state index >= 15 is 0 Å². The minimum atomic E-state index is -4.83. The molecule has 42 heavy (non-hydrogen) atoms. The number of hydrogen-bond donors (Lipinski definition) is 3. The number of nitrogens with zero attached hydrogens (tertiary/aromatic N) is 1. The number of ether oxygens (including phenoxy) is 1. The third kappa shape index (κ3) is 7.05. The topological polar surface area (TPSA) is 125 Å². The van der Waals surface area contributed by atoms with Gasteiger partial charge in [-0.2, -0.15) is 26.3 Å². The fourth-order valence-corrected chi connectivity index (χ4v) is 5.64. The second-order valence-electron chi connectivity index (χ2n) is 9.09. The van der Waals surface area contributed by atoms with E-state index in [9.17, 15) is 44.3 Å². The van der Waals surface area contributed by atoms with Gasteiger partial charge in [0.2, 0.25) is 5.91 Å². The number of benzene rings is 3. The molecule has 224 valence electrons. The molecule has 0 aromatic heterocycles. The Bertz CT molecular complexity index is 1590. The number of carboxylic acid groups (broad SMARTS) is 1. The number of carbonyl (C=O) groups is 2. The lowest BCUT2D eigenvalue weighted by Gasteiger charge is -2.35. The molecule has 0 saturated carbocycles. The number of fused-ring (bicyclic) bond motifs is 1. The Labute approximate surface area is 234 Å². The molecular formula is C26H21F6N3O6S. The highest BCUT2D eigenvalue weighted by Crippen LogP contribution is 2.40. The van der Waals surface area contributed by atoms with Crippen molar-refractivity contribution in [3.63, 3.8) is 0 Å². The first-order valence-electron chi connectivity index (χ1n) is 12.0. The number of nitrogens with one attached hydrogen (secondary N) is 2. The molecular weight excluding hydrogens is 596 g/mol. The van der Waals surface area contributed by atoms with Crippen LogP contribution in [-0.4, -0.2) is 38.2 Å². The lowest BCUT2D eigenvalue weighted by atomic mass is 10.1. The molecule has 0 saturated heterocycles. The molecule has 0 bridgehead atoms. The van der Waals surface area contributed by atoms with Crippen LogP contribution < -0.4 is 19.7 Å². The van der Waals surface area contributed by atoms with Crippen LogP contribution in [0, 0.1) is 0 Å². The number of sulfonamides is 1. The fourth-order valence-electron chi connectivity index (χ4n) is 4.10. The number of carbonyl (C=O) groups excluding carboxylic acids is 1. The Morgan fingerprint density at radius 3 is 2.21 bits per heavy atom. The summed E-state index contributed by atoms with van der Waals surface area (Å²) in [4.78, 5) is 23.0. The largest absolute Gasteiger partial charge is 0.486 e. The number of amides is 2. The molecule has 0 spiro atoms. The molecule has 4 rings (SSSR count). The first kappa shape index (κ1) is 30.5. The van der Waals surface area contributed by atoms with Crippen LogP contribution >= 0.6 is 0 Å². The van der Waals surface area contributed by atoms with Gasteiger partial charge in [-0.05, 0) is 54.1 Å². The smallest absolute Gasteiger partial charge is 0.416 e. The average molecular weight is 618 g/mol. The second-order valence-corrected chi connectivity index (χ2v) is 11.0. The summed E-state index contributed by atoms with van der Waals surface area (Å²) in [5.41, 5.74) is -1.95. The van der Waals surface area contributed by atoms with Crippen LogP contribution in [0.3, 0.4) is 0 Å². The van der Waals surface area contributed by atoms with Crippen LogP contribution in [0.4, 0.5) is 42.5 Å². The van der Waals surface area contributed by atoms with Crippen molar-refractivity contribution in [3.05, 3.63) is 83.4 Å². The van der Waals surface area contributed by atoms with Crippen molar-refractivity contribution in [3.8, 4) is 5.75 Å². The van der Waals surface area contributed by atoms with E-state index < -0.39 is 69.5 Å². The Balaban J connectivity index is 1.58. The Hall–Kier alpha value is -4.47. The predicted octanol–water partition coefficient (Wildman–Crippen LogP) is 5.48. The normalized spacial score (nSPS) is 15.4. The summed E-state index contributed by atoms with van der Waals surface area (Å²) in [6.45, 7) is -0.674. The van der Waals surface area contributed by atoms with E-state index in [1.807, 2.05) is 5.32 Å². The molecule has 0 radical (unpaired) electrons. The van der Waals surface area contributed by atoms with Crippen LogP contribution in [-0.2, 0) is 33.7 Å². The summed E-state index contributed by atoms with van der Waals surface area (Å²) in [6.07, 6.45) is -12.4. The van der Waals surface area contributed by atoms with Gasteiger partial charge in [-0.25, -0.2) is 13.2 Å². The lowest BCUT2D eigenvalue weighted by molar-refractivity contribution is -0.138. The van der Waals surface area contributed by atoms with Crippen LogP contribution in [0.2, 0.25) is 0 Å². The van der Waals surface area contributed by atoms with Gasteiger partial charge in [-0.3, -0.25) is 14.4 Å². The Morgan fingerprint density at radius 2 is 1.60 bits per heavy atom. The van der Waals surface area contributed by atoms with Crippen LogP contribution in [0.1, 0.15) is 23.1 Å². The zero-order valence-corrected chi connectivity index (χ0v) is 22.0. The van der Waals surface area contributed by atoms with Gasteiger partial charge in [0.1, 0.15) is 11.9 Å². The zero-order chi connectivity index (χ0) is 30.9. The zero-order valence-electron chi connectivity index (χ0n) is 21.2. The van der Waals surface area contributed by atoms with Crippen molar-refractivity contribution in [1.82, 2.24) is 5.32 Å². The number of halogens is 6. The highest BCUT2D eigenvalue weighted by atomic mass is 32.2. The van der Waals surface area contributed by atoms with E-state index in [-0.39, 0.29) is 23.7 Å². The number of alkyl halides is 6. The van der Waals surface area contributed by atoms with Gasteiger partial charge in [-0.15, -0.1) is 0 Å². The quantitative estimate of drug-likeness (QED) is 0.302. The highest BCUT2D eigenvalue weighted by molar-refractivity contribution is 7.92. The molecule has 1 unspecified atom stereocenters. The Kier molecular flexibility index (Phi) is 8.29. The predicted molar refractivity (Wildman–Crippen MR) is 136 cm³/mol.